The number of hydrogen-bond acceptors (Lipinski definition) is 4. The number of benzene rings is 1. The van der Waals surface area contributed by atoms with Crippen molar-refractivity contribution in [3.63, 3.8) is 0 Å². The minimum absolute atomic E-state index is 0.121. The van der Waals surface area contributed by atoms with Crippen LogP contribution in [0.4, 0.5) is 0 Å². The summed E-state index contributed by atoms with van der Waals surface area (Å²) < 4.78 is 0.121. The van der Waals surface area contributed by atoms with E-state index in [1.54, 1.807) is 12.4 Å². The lowest BCUT2D eigenvalue weighted by Gasteiger charge is -2.64. The van der Waals surface area contributed by atoms with Gasteiger partial charge in [-0.3, -0.25) is 4.98 Å². The fourth-order valence-electron chi connectivity index (χ4n) is 5.94. The quantitative estimate of drug-likeness (QED) is 0.925. The highest BCUT2D eigenvalue weighted by Crippen LogP contribution is 2.66. The van der Waals surface area contributed by atoms with E-state index in [2.05, 4.69) is 40.3 Å². The Morgan fingerprint density at radius 1 is 1.08 bits per heavy atom. The third-order valence-corrected chi connectivity index (χ3v) is 8.00. The Balaban J connectivity index is 1.56. The highest BCUT2D eigenvalue weighted by Gasteiger charge is 2.62. The van der Waals surface area contributed by atoms with Gasteiger partial charge in [0.2, 0.25) is 0 Å². The Kier molecular flexibility index (Phi) is 3.29. The van der Waals surface area contributed by atoms with Crippen LogP contribution in [0, 0.1) is 11.8 Å². The first kappa shape index (κ1) is 14.9. The van der Waals surface area contributed by atoms with Crippen LogP contribution in [0.15, 0.2) is 53.9 Å². The van der Waals surface area contributed by atoms with Crippen LogP contribution in [0.5, 0.6) is 0 Å². The van der Waals surface area contributed by atoms with E-state index in [-0.39, 0.29) is 10.8 Å². The van der Waals surface area contributed by atoms with Gasteiger partial charge in [0.25, 0.3) is 0 Å². The van der Waals surface area contributed by atoms with E-state index in [1.807, 2.05) is 18.0 Å². The third-order valence-electron chi connectivity index (χ3n) is 6.59. The zero-order chi connectivity index (χ0) is 16.2. The van der Waals surface area contributed by atoms with Crippen molar-refractivity contribution in [1.82, 2.24) is 9.97 Å². The molecule has 4 heteroatoms. The highest BCUT2D eigenvalue weighted by molar-refractivity contribution is 8.00. The van der Waals surface area contributed by atoms with E-state index in [1.165, 1.54) is 37.7 Å². The van der Waals surface area contributed by atoms with Crippen LogP contribution < -0.4 is 5.73 Å². The molecular weight excluding hydrogens is 314 g/mol. The second-order valence-corrected chi connectivity index (χ2v) is 9.47. The predicted molar refractivity (Wildman–Crippen MR) is 96.8 cm³/mol. The second-order valence-electron chi connectivity index (χ2n) is 8.03. The molecule has 6 rings (SSSR count). The molecule has 1 aromatic carbocycles. The van der Waals surface area contributed by atoms with E-state index in [4.69, 9.17) is 5.73 Å². The van der Waals surface area contributed by atoms with E-state index < -0.39 is 0 Å². The second kappa shape index (κ2) is 5.30. The van der Waals surface area contributed by atoms with Crippen LogP contribution >= 0.6 is 11.8 Å². The summed E-state index contributed by atoms with van der Waals surface area (Å²) in [5.74, 6) is 1.46. The predicted octanol–water partition coefficient (Wildman–Crippen LogP) is 3.80. The zero-order valence-electron chi connectivity index (χ0n) is 13.8. The Labute approximate surface area is 147 Å². The van der Waals surface area contributed by atoms with E-state index >= 15 is 0 Å². The van der Waals surface area contributed by atoms with Crippen LogP contribution in [0.25, 0.3) is 0 Å². The van der Waals surface area contributed by atoms with Gasteiger partial charge in [-0.1, -0.05) is 42.1 Å². The van der Waals surface area contributed by atoms with Crippen molar-refractivity contribution in [2.45, 2.75) is 53.3 Å². The van der Waals surface area contributed by atoms with Crippen LogP contribution in [-0.2, 0) is 5.41 Å². The Morgan fingerprint density at radius 3 is 2.75 bits per heavy atom. The van der Waals surface area contributed by atoms with Crippen molar-refractivity contribution in [2.24, 2.45) is 17.6 Å². The molecule has 5 atom stereocenters. The summed E-state index contributed by atoms with van der Waals surface area (Å²) in [7, 11) is 0. The molecule has 24 heavy (non-hydrogen) atoms. The van der Waals surface area contributed by atoms with E-state index in [9.17, 15) is 0 Å². The van der Waals surface area contributed by atoms with Crippen molar-refractivity contribution < 1.29 is 0 Å². The SMILES string of the molecule is NC1C2CC3CC(c4ccccc4)(C2)CC1(Sc1cnccn1)C3. The summed E-state index contributed by atoms with van der Waals surface area (Å²) in [6.45, 7) is 0. The largest absolute Gasteiger partial charge is 0.326 e. The minimum Gasteiger partial charge on any atom is -0.326 e. The zero-order valence-corrected chi connectivity index (χ0v) is 14.6. The van der Waals surface area contributed by atoms with Gasteiger partial charge in [0.1, 0.15) is 5.03 Å². The van der Waals surface area contributed by atoms with Crippen molar-refractivity contribution in [2.75, 3.05) is 0 Å². The molecule has 0 radical (unpaired) electrons. The summed E-state index contributed by atoms with van der Waals surface area (Å²) in [6.07, 6.45) is 11.8. The van der Waals surface area contributed by atoms with Crippen molar-refractivity contribution in [3.8, 4) is 0 Å². The lowest BCUT2D eigenvalue weighted by atomic mass is 9.46. The standard InChI is InChI=1S/C20H23N3S/c21-18-15-8-14-9-19(11-15,16-4-2-1-3-5-16)13-20(18,10-14)24-17-12-22-6-7-23-17/h1-7,12,14-15,18H,8-11,13,21H2. The molecule has 0 aliphatic heterocycles. The molecule has 1 heterocycles. The Bertz CT molecular complexity index is 737. The van der Waals surface area contributed by atoms with Gasteiger partial charge in [0.05, 0.1) is 6.20 Å². The van der Waals surface area contributed by atoms with Crippen LogP contribution in [0.1, 0.15) is 37.7 Å². The Morgan fingerprint density at radius 2 is 1.96 bits per heavy atom. The van der Waals surface area contributed by atoms with Gasteiger partial charge < -0.3 is 5.73 Å². The number of hydrogen-bond donors (Lipinski definition) is 1. The molecule has 5 unspecified atom stereocenters. The number of nitrogens with zero attached hydrogens (tertiary/aromatic N) is 2. The highest BCUT2D eigenvalue weighted by atomic mass is 32.2. The lowest BCUT2D eigenvalue weighted by Crippen LogP contribution is -2.66. The van der Waals surface area contributed by atoms with Gasteiger partial charge in [-0.05, 0) is 54.9 Å². The minimum atomic E-state index is 0.121. The lowest BCUT2D eigenvalue weighted by molar-refractivity contribution is -0.00485. The summed E-state index contributed by atoms with van der Waals surface area (Å²) >= 11 is 1.90. The number of rotatable bonds is 3. The number of thioether (sulfide) groups is 1. The summed E-state index contributed by atoms with van der Waals surface area (Å²) in [5, 5.41) is 1.03. The molecule has 4 fully saturated rings. The van der Waals surface area contributed by atoms with Crippen LogP contribution in [0.2, 0.25) is 0 Å². The first-order chi connectivity index (χ1) is 11.7. The van der Waals surface area contributed by atoms with E-state index in [0.29, 0.717) is 11.3 Å². The van der Waals surface area contributed by atoms with Gasteiger partial charge in [-0.15, -0.1) is 0 Å². The maximum Gasteiger partial charge on any atom is 0.115 e. The third kappa shape index (κ3) is 2.16. The summed E-state index contributed by atoms with van der Waals surface area (Å²) in [5.41, 5.74) is 8.66. The van der Waals surface area contributed by atoms with Crippen molar-refractivity contribution in [1.29, 1.82) is 0 Å². The van der Waals surface area contributed by atoms with Crippen LogP contribution in [-0.4, -0.2) is 20.8 Å². The van der Waals surface area contributed by atoms with Gasteiger partial charge in [-0.25, -0.2) is 4.98 Å². The number of aromatic nitrogens is 2. The Hall–Kier alpha value is -1.39. The summed E-state index contributed by atoms with van der Waals surface area (Å²) in [4.78, 5) is 8.79. The molecule has 4 aliphatic rings. The topological polar surface area (TPSA) is 51.8 Å². The van der Waals surface area contributed by atoms with Gasteiger partial charge >= 0.3 is 0 Å². The van der Waals surface area contributed by atoms with Crippen molar-refractivity contribution in [3.05, 3.63) is 54.5 Å². The van der Waals surface area contributed by atoms with Crippen molar-refractivity contribution >= 4 is 11.8 Å². The fraction of sp³-hybridized carbons (Fsp3) is 0.500. The average Bonchev–Trinajstić information content (AvgIpc) is 2.61. The molecule has 2 aromatic rings. The molecule has 1 aromatic heterocycles. The molecule has 4 bridgehead atoms. The van der Waals surface area contributed by atoms with Gasteiger partial charge in [0, 0.05) is 23.2 Å². The summed E-state index contributed by atoms with van der Waals surface area (Å²) in [6, 6.07) is 11.4. The molecule has 0 amide bonds. The number of nitrogens with two attached hydrogens (primary N) is 1. The molecule has 4 saturated carbocycles. The molecule has 124 valence electrons. The van der Waals surface area contributed by atoms with E-state index in [0.717, 1.165) is 10.9 Å². The molecule has 3 nitrogen and oxygen atoms in total. The average molecular weight is 337 g/mol. The molecule has 0 spiro atoms. The van der Waals surface area contributed by atoms with Gasteiger partial charge in [-0.2, -0.15) is 0 Å². The first-order valence-electron chi connectivity index (χ1n) is 8.95. The van der Waals surface area contributed by atoms with Crippen LogP contribution in [0.3, 0.4) is 0 Å². The smallest absolute Gasteiger partial charge is 0.115 e. The monoisotopic (exact) mass is 337 g/mol. The maximum absolute atomic E-state index is 6.82. The first-order valence-corrected chi connectivity index (χ1v) is 9.77. The molecule has 0 saturated heterocycles. The molecular formula is C20H23N3S. The molecule has 2 N–H and O–H groups in total. The maximum atomic E-state index is 6.82. The molecule has 4 aliphatic carbocycles. The van der Waals surface area contributed by atoms with Gasteiger partial charge in [0.15, 0.2) is 0 Å². The fourth-order valence-corrected chi connectivity index (χ4v) is 7.58. The normalized spacial score (nSPS) is 40.0.